The summed E-state index contributed by atoms with van der Waals surface area (Å²) < 4.78 is 0. The van der Waals surface area contributed by atoms with Gasteiger partial charge in [-0.15, -0.1) is 11.6 Å². The molecule has 23 heavy (non-hydrogen) atoms. The second-order valence-electron chi connectivity index (χ2n) is 5.55. The molecule has 0 bridgehead atoms. The molecule has 1 atom stereocenters. The molecule has 5 nitrogen and oxygen atoms in total. The van der Waals surface area contributed by atoms with E-state index in [1.807, 2.05) is 35.2 Å². The van der Waals surface area contributed by atoms with E-state index in [0.29, 0.717) is 6.54 Å². The maximum Gasteiger partial charge on any atom is 0.238 e. The smallest absolute Gasteiger partial charge is 0.238 e. The summed E-state index contributed by atoms with van der Waals surface area (Å²) in [6.07, 6.45) is 8.82. The van der Waals surface area contributed by atoms with Gasteiger partial charge in [-0.3, -0.25) is 4.79 Å². The maximum atomic E-state index is 12.2. The van der Waals surface area contributed by atoms with Gasteiger partial charge in [0.15, 0.2) is 0 Å². The molecular weight excluding hydrogens is 312 g/mol. The van der Waals surface area contributed by atoms with E-state index in [2.05, 4.69) is 22.3 Å². The molecule has 1 aliphatic rings. The fourth-order valence-corrected chi connectivity index (χ4v) is 2.94. The molecule has 0 saturated carbocycles. The number of hydrogen-bond acceptors (Lipinski definition) is 3. The SMILES string of the molecule is O=C(CCl)N(Cc1cnn(-c2ccccc2)n1)C1CC=CCC1. The highest BCUT2D eigenvalue weighted by molar-refractivity contribution is 6.27. The zero-order valence-electron chi connectivity index (χ0n) is 12.8. The zero-order chi connectivity index (χ0) is 16.1. The molecule has 6 heteroatoms. The molecule has 1 aliphatic carbocycles. The molecule has 1 amide bonds. The first-order valence-electron chi connectivity index (χ1n) is 7.75. The molecule has 0 spiro atoms. The molecule has 0 aliphatic heterocycles. The number of alkyl halides is 1. The summed E-state index contributed by atoms with van der Waals surface area (Å²) in [4.78, 5) is 15.6. The van der Waals surface area contributed by atoms with Crippen LogP contribution >= 0.6 is 11.6 Å². The van der Waals surface area contributed by atoms with Crippen LogP contribution < -0.4 is 0 Å². The number of para-hydroxylation sites is 1. The quantitative estimate of drug-likeness (QED) is 0.625. The Bertz CT molecular complexity index is 683. The lowest BCUT2D eigenvalue weighted by atomic mass is 10.00. The monoisotopic (exact) mass is 330 g/mol. The third-order valence-electron chi connectivity index (χ3n) is 3.98. The van der Waals surface area contributed by atoms with E-state index in [4.69, 9.17) is 11.6 Å². The predicted molar refractivity (Wildman–Crippen MR) is 89.4 cm³/mol. The van der Waals surface area contributed by atoms with Crippen molar-refractivity contribution in [2.24, 2.45) is 0 Å². The van der Waals surface area contributed by atoms with E-state index < -0.39 is 0 Å². The number of amides is 1. The topological polar surface area (TPSA) is 51.0 Å². The van der Waals surface area contributed by atoms with E-state index in [1.165, 1.54) is 0 Å². The maximum absolute atomic E-state index is 12.2. The summed E-state index contributed by atoms with van der Waals surface area (Å²) in [6, 6.07) is 9.90. The highest BCUT2D eigenvalue weighted by Gasteiger charge is 2.24. The van der Waals surface area contributed by atoms with Crippen LogP contribution in [0, 0.1) is 0 Å². The third kappa shape index (κ3) is 3.79. The Morgan fingerprint density at radius 3 is 2.83 bits per heavy atom. The molecule has 1 aromatic heterocycles. The minimum absolute atomic E-state index is 0.00691. The van der Waals surface area contributed by atoms with Crippen molar-refractivity contribution in [1.29, 1.82) is 0 Å². The molecule has 3 rings (SSSR count). The Labute approximate surface area is 140 Å². The lowest BCUT2D eigenvalue weighted by Crippen LogP contribution is -2.41. The molecule has 1 unspecified atom stereocenters. The van der Waals surface area contributed by atoms with Crippen molar-refractivity contribution >= 4 is 17.5 Å². The molecule has 1 aromatic carbocycles. The van der Waals surface area contributed by atoms with Gasteiger partial charge in [-0.2, -0.15) is 15.0 Å². The standard InChI is InChI=1S/C17H19ClN4O/c18-11-17(23)21(15-7-3-1-4-8-15)13-14-12-19-22(20-14)16-9-5-2-6-10-16/h1-3,5-6,9-10,12,15H,4,7-8,11,13H2. The fraction of sp³-hybridized carbons (Fsp3) is 0.353. The van der Waals surface area contributed by atoms with Crippen LogP contribution in [0.25, 0.3) is 5.69 Å². The van der Waals surface area contributed by atoms with Crippen molar-refractivity contribution in [2.45, 2.75) is 31.8 Å². The van der Waals surface area contributed by atoms with Gasteiger partial charge in [-0.05, 0) is 31.4 Å². The highest BCUT2D eigenvalue weighted by atomic mass is 35.5. The van der Waals surface area contributed by atoms with Crippen molar-refractivity contribution < 1.29 is 4.79 Å². The molecular formula is C17H19ClN4O. The average molecular weight is 331 g/mol. The zero-order valence-corrected chi connectivity index (χ0v) is 13.6. The Morgan fingerprint density at radius 2 is 2.13 bits per heavy atom. The Kier molecular flexibility index (Phi) is 5.08. The molecule has 1 heterocycles. The van der Waals surface area contributed by atoms with Crippen molar-refractivity contribution in [3.05, 3.63) is 54.4 Å². The number of carbonyl (C=O) groups excluding carboxylic acids is 1. The Hall–Kier alpha value is -2.14. The van der Waals surface area contributed by atoms with Crippen molar-refractivity contribution in [3.8, 4) is 5.69 Å². The van der Waals surface area contributed by atoms with Crippen LogP contribution in [-0.2, 0) is 11.3 Å². The number of nitrogens with zero attached hydrogens (tertiary/aromatic N) is 4. The first kappa shape index (κ1) is 15.7. The lowest BCUT2D eigenvalue weighted by molar-refractivity contribution is -0.131. The molecule has 0 N–H and O–H groups in total. The summed E-state index contributed by atoms with van der Waals surface area (Å²) in [5, 5.41) is 8.77. The van der Waals surface area contributed by atoms with Crippen LogP contribution in [-0.4, -0.2) is 37.7 Å². The van der Waals surface area contributed by atoms with Gasteiger partial charge in [0.2, 0.25) is 5.91 Å². The number of carbonyl (C=O) groups is 1. The number of hydrogen-bond donors (Lipinski definition) is 0. The summed E-state index contributed by atoms with van der Waals surface area (Å²) in [7, 11) is 0. The van der Waals surface area contributed by atoms with Crippen LogP contribution in [0.4, 0.5) is 0 Å². The minimum Gasteiger partial charge on any atom is -0.332 e. The fourth-order valence-electron chi connectivity index (χ4n) is 2.79. The number of halogens is 1. The van der Waals surface area contributed by atoms with Gasteiger partial charge in [0, 0.05) is 6.04 Å². The predicted octanol–water partition coefficient (Wildman–Crippen LogP) is 2.94. The van der Waals surface area contributed by atoms with Crippen molar-refractivity contribution in [1.82, 2.24) is 19.9 Å². The molecule has 120 valence electrons. The summed E-state index contributed by atoms with van der Waals surface area (Å²) >= 11 is 5.78. The average Bonchev–Trinajstić information content (AvgIpc) is 3.09. The largest absolute Gasteiger partial charge is 0.332 e. The van der Waals surface area contributed by atoms with Crippen LogP contribution in [0.2, 0.25) is 0 Å². The van der Waals surface area contributed by atoms with Gasteiger partial charge in [0.25, 0.3) is 0 Å². The summed E-state index contributed by atoms with van der Waals surface area (Å²) in [6.45, 7) is 0.441. The third-order valence-corrected chi connectivity index (χ3v) is 4.20. The van der Waals surface area contributed by atoms with E-state index in [1.54, 1.807) is 11.0 Å². The molecule has 0 saturated heterocycles. The first-order chi connectivity index (χ1) is 11.3. The van der Waals surface area contributed by atoms with Crippen LogP contribution in [0.1, 0.15) is 25.0 Å². The second-order valence-corrected chi connectivity index (χ2v) is 5.82. The van der Waals surface area contributed by atoms with Crippen LogP contribution in [0.5, 0.6) is 0 Å². The van der Waals surface area contributed by atoms with E-state index in [0.717, 1.165) is 30.6 Å². The van der Waals surface area contributed by atoms with Crippen molar-refractivity contribution in [3.63, 3.8) is 0 Å². The van der Waals surface area contributed by atoms with Crippen molar-refractivity contribution in [2.75, 3.05) is 5.88 Å². The highest BCUT2D eigenvalue weighted by Crippen LogP contribution is 2.20. The first-order valence-corrected chi connectivity index (χ1v) is 8.28. The number of benzene rings is 1. The van der Waals surface area contributed by atoms with E-state index in [9.17, 15) is 4.79 Å². The van der Waals surface area contributed by atoms with Gasteiger partial charge in [0.1, 0.15) is 11.6 Å². The van der Waals surface area contributed by atoms with Crippen LogP contribution in [0.3, 0.4) is 0 Å². The number of aromatic nitrogens is 3. The van der Waals surface area contributed by atoms with Gasteiger partial charge in [-0.25, -0.2) is 0 Å². The van der Waals surface area contributed by atoms with Gasteiger partial charge < -0.3 is 4.90 Å². The number of rotatable bonds is 5. The normalized spacial score (nSPS) is 17.2. The van der Waals surface area contributed by atoms with Gasteiger partial charge in [-0.1, -0.05) is 30.4 Å². The Morgan fingerprint density at radius 1 is 1.30 bits per heavy atom. The van der Waals surface area contributed by atoms with Crippen LogP contribution in [0.15, 0.2) is 48.7 Å². The second kappa shape index (κ2) is 7.42. The minimum atomic E-state index is -0.0544. The summed E-state index contributed by atoms with van der Waals surface area (Å²) in [5.41, 5.74) is 1.66. The Balaban J connectivity index is 1.76. The number of allylic oxidation sites excluding steroid dienone is 1. The summed E-state index contributed by atoms with van der Waals surface area (Å²) in [5.74, 6) is -0.0613. The van der Waals surface area contributed by atoms with Gasteiger partial charge >= 0.3 is 0 Å². The lowest BCUT2D eigenvalue weighted by Gasteiger charge is -2.31. The van der Waals surface area contributed by atoms with Gasteiger partial charge in [0.05, 0.1) is 18.4 Å². The molecule has 0 radical (unpaired) electrons. The molecule has 0 fully saturated rings. The van der Waals surface area contributed by atoms with E-state index >= 15 is 0 Å². The molecule has 2 aromatic rings. The van der Waals surface area contributed by atoms with E-state index in [-0.39, 0.29) is 17.8 Å².